The van der Waals surface area contributed by atoms with Crippen LogP contribution in [-0.2, 0) is 16.4 Å². The normalized spacial score (nSPS) is 11.7. The lowest BCUT2D eigenvalue weighted by atomic mass is 10.2. The summed E-state index contributed by atoms with van der Waals surface area (Å²) in [6, 6.07) is 5.28. The van der Waals surface area contributed by atoms with Gasteiger partial charge in [-0.05, 0) is 25.5 Å². The Morgan fingerprint density at radius 2 is 2.10 bits per heavy atom. The first-order chi connectivity index (χ1) is 9.38. The van der Waals surface area contributed by atoms with E-state index in [1.165, 1.54) is 11.3 Å². The third kappa shape index (κ3) is 3.56. The molecule has 0 bridgehead atoms. The number of aryl methyl sites for hydroxylation is 2. The van der Waals surface area contributed by atoms with Crippen molar-refractivity contribution in [3.05, 3.63) is 40.4 Å². The number of nitrogens with zero attached hydrogens (tertiary/aromatic N) is 1. The van der Waals surface area contributed by atoms with Gasteiger partial charge in [0.2, 0.25) is 10.0 Å². The lowest BCUT2D eigenvalue weighted by molar-refractivity contribution is 0.581. The molecule has 2 rings (SSSR count). The van der Waals surface area contributed by atoms with E-state index in [9.17, 15) is 8.42 Å². The molecular weight excluding hydrogens is 294 g/mol. The van der Waals surface area contributed by atoms with E-state index in [1.54, 1.807) is 19.1 Å². The van der Waals surface area contributed by atoms with Gasteiger partial charge in [-0.2, -0.15) is 0 Å². The van der Waals surface area contributed by atoms with Crippen molar-refractivity contribution in [2.75, 3.05) is 12.3 Å². The summed E-state index contributed by atoms with van der Waals surface area (Å²) >= 11 is 1.35. The fraction of sp³-hybridized carbons (Fsp3) is 0.308. The molecule has 108 valence electrons. The largest absolute Gasteiger partial charge is 0.375 e. The predicted molar refractivity (Wildman–Crippen MR) is 81.3 cm³/mol. The topological polar surface area (TPSA) is 85.1 Å². The summed E-state index contributed by atoms with van der Waals surface area (Å²) in [5.74, 6) is 0. The molecule has 0 aliphatic heterocycles. The van der Waals surface area contributed by atoms with E-state index >= 15 is 0 Å². The van der Waals surface area contributed by atoms with E-state index in [1.807, 2.05) is 18.4 Å². The van der Waals surface area contributed by atoms with Crippen LogP contribution in [-0.4, -0.2) is 19.9 Å². The maximum absolute atomic E-state index is 12.2. The van der Waals surface area contributed by atoms with Crippen molar-refractivity contribution < 1.29 is 8.42 Å². The van der Waals surface area contributed by atoms with Crippen LogP contribution in [0.25, 0.3) is 0 Å². The second-order valence-electron chi connectivity index (χ2n) is 4.59. The molecule has 0 spiro atoms. The molecule has 0 radical (unpaired) electrons. The van der Waals surface area contributed by atoms with Gasteiger partial charge in [-0.25, -0.2) is 18.1 Å². The number of thiazole rings is 1. The molecule has 20 heavy (non-hydrogen) atoms. The molecule has 0 saturated carbocycles. The zero-order valence-corrected chi connectivity index (χ0v) is 13.0. The maximum Gasteiger partial charge on any atom is 0.240 e. The monoisotopic (exact) mass is 311 g/mol. The number of nitrogen functional groups attached to an aromatic ring is 1. The van der Waals surface area contributed by atoms with Crippen LogP contribution >= 0.6 is 11.3 Å². The van der Waals surface area contributed by atoms with Crippen molar-refractivity contribution in [3.8, 4) is 0 Å². The second-order valence-corrected chi connectivity index (χ2v) is 7.22. The molecule has 0 aliphatic carbocycles. The number of hydrogen-bond donors (Lipinski definition) is 2. The Hall–Kier alpha value is -1.44. The number of anilines is 1. The second kappa shape index (κ2) is 5.90. The van der Waals surface area contributed by atoms with Gasteiger partial charge in [0.05, 0.1) is 10.6 Å². The summed E-state index contributed by atoms with van der Waals surface area (Å²) in [4.78, 5) is 4.41. The lowest BCUT2D eigenvalue weighted by Gasteiger charge is -2.09. The SMILES string of the molecule is Cc1ccc(S(=O)(=O)NCCc2csc(N)n2)c(C)c1. The number of aromatic nitrogens is 1. The minimum Gasteiger partial charge on any atom is -0.375 e. The maximum atomic E-state index is 12.2. The Balaban J connectivity index is 2.04. The first kappa shape index (κ1) is 15.0. The highest BCUT2D eigenvalue weighted by Gasteiger charge is 2.16. The van der Waals surface area contributed by atoms with Gasteiger partial charge >= 0.3 is 0 Å². The van der Waals surface area contributed by atoms with Crippen molar-refractivity contribution in [2.24, 2.45) is 0 Å². The Bertz CT molecular complexity index is 708. The van der Waals surface area contributed by atoms with Gasteiger partial charge in [0.15, 0.2) is 5.13 Å². The summed E-state index contributed by atoms with van der Waals surface area (Å²) in [6.07, 6.45) is 0.526. The Labute approximate surface area is 122 Å². The van der Waals surface area contributed by atoms with Crippen LogP contribution in [0.1, 0.15) is 16.8 Å². The zero-order chi connectivity index (χ0) is 14.8. The van der Waals surface area contributed by atoms with E-state index in [2.05, 4.69) is 9.71 Å². The fourth-order valence-electron chi connectivity index (χ4n) is 1.93. The first-order valence-electron chi connectivity index (χ1n) is 6.15. The highest BCUT2D eigenvalue weighted by molar-refractivity contribution is 7.89. The van der Waals surface area contributed by atoms with Crippen LogP contribution in [0.15, 0.2) is 28.5 Å². The summed E-state index contributed by atoms with van der Waals surface area (Å²) < 4.78 is 27.0. The van der Waals surface area contributed by atoms with Crippen LogP contribution in [0.5, 0.6) is 0 Å². The van der Waals surface area contributed by atoms with E-state index < -0.39 is 10.0 Å². The van der Waals surface area contributed by atoms with Gasteiger partial charge in [-0.1, -0.05) is 17.7 Å². The summed E-state index contributed by atoms with van der Waals surface area (Å²) in [5.41, 5.74) is 8.12. The van der Waals surface area contributed by atoms with Crippen LogP contribution in [0.2, 0.25) is 0 Å². The average molecular weight is 311 g/mol. The highest BCUT2D eigenvalue weighted by atomic mass is 32.2. The molecule has 1 aromatic heterocycles. The first-order valence-corrected chi connectivity index (χ1v) is 8.51. The van der Waals surface area contributed by atoms with Crippen molar-refractivity contribution >= 4 is 26.5 Å². The quantitative estimate of drug-likeness (QED) is 0.882. The van der Waals surface area contributed by atoms with Crippen LogP contribution < -0.4 is 10.5 Å². The van der Waals surface area contributed by atoms with E-state index in [-0.39, 0.29) is 0 Å². The predicted octanol–water partition coefficient (Wildman–Crippen LogP) is 1.86. The molecular formula is C13H17N3O2S2. The summed E-state index contributed by atoms with van der Waals surface area (Å²) in [7, 11) is -3.48. The molecule has 0 unspecified atom stereocenters. The molecule has 0 aliphatic rings. The van der Waals surface area contributed by atoms with E-state index in [0.717, 1.165) is 16.8 Å². The highest BCUT2D eigenvalue weighted by Crippen LogP contribution is 2.16. The van der Waals surface area contributed by atoms with Crippen molar-refractivity contribution in [1.29, 1.82) is 0 Å². The minimum absolute atomic E-state index is 0.304. The number of nitrogens with two attached hydrogens (primary N) is 1. The number of nitrogens with one attached hydrogen (secondary N) is 1. The molecule has 3 N–H and O–H groups in total. The summed E-state index contributed by atoms with van der Waals surface area (Å²) in [5, 5.41) is 2.33. The van der Waals surface area contributed by atoms with Gasteiger partial charge in [0.25, 0.3) is 0 Å². The Morgan fingerprint density at radius 1 is 1.35 bits per heavy atom. The number of hydrogen-bond acceptors (Lipinski definition) is 5. The van der Waals surface area contributed by atoms with Crippen molar-refractivity contribution in [1.82, 2.24) is 9.71 Å². The van der Waals surface area contributed by atoms with Crippen LogP contribution in [0.4, 0.5) is 5.13 Å². The Morgan fingerprint density at radius 3 is 2.70 bits per heavy atom. The van der Waals surface area contributed by atoms with Crippen molar-refractivity contribution in [2.45, 2.75) is 25.2 Å². The average Bonchev–Trinajstić information content (AvgIpc) is 2.74. The molecule has 0 fully saturated rings. The Kier molecular flexibility index (Phi) is 4.42. The number of benzene rings is 1. The molecule has 0 amide bonds. The summed E-state index contributed by atoms with van der Waals surface area (Å²) in [6.45, 7) is 4.03. The lowest BCUT2D eigenvalue weighted by Crippen LogP contribution is -2.26. The fourth-order valence-corrected chi connectivity index (χ4v) is 3.78. The van der Waals surface area contributed by atoms with Crippen LogP contribution in [0.3, 0.4) is 0 Å². The van der Waals surface area contributed by atoms with E-state index in [4.69, 9.17) is 5.73 Å². The van der Waals surface area contributed by atoms with E-state index in [0.29, 0.717) is 23.0 Å². The van der Waals surface area contributed by atoms with Gasteiger partial charge in [-0.3, -0.25) is 0 Å². The third-order valence-corrected chi connectivity index (χ3v) is 5.21. The molecule has 7 heteroatoms. The third-order valence-electron chi connectivity index (χ3n) is 2.86. The van der Waals surface area contributed by atoms with Gasteiger partial charge < -0.3 is 5.73 Å². The van der Waals surface area contributed by atoms with Crippen LogP contribution in [0, 0.1) is 13.8 Å². The standard InChI is InChI=1S/C13H17N3O2S2/c1-9-3-4-12(10(2)7-9)20(17,18)15-6-5-11-8-19-13(14)16-11/h3-4,7-8,15H,5-6H2,1-2H3,(H2,14,16). The van der Waals surface area contributed by atoms with Gasteiger partial charge in [0.1, 0.15) is 0 Å². The smallest absolute Gasteiger partial charge is 0.240 e. The molecule has 1 heterocycles. The molecule has 2 aromatic rings. The zero-order valence-electron chi connectivity index (χ0n) is 11.4. The van der Waals surface area contributed by atoms with Gasteiger partial charge in [-0.15, -0.1) is 11.3 Å². The van der Waals surface area contributed by atoms with Gasteiger partial charge in [0, 0.05) is 18.3 Å². The molecule has 0 atom stereocenters. The molecule has 1 aromatic carbocycles. The molecule has 0 saturated heterocycles. The number of sulfonamides is 1. The number of rotatable bonds is 5. The molecule has 5 nitrogen and oxygen atoms in total. The minimum atomic E-state index is -3.48. The van der Waals surface area contributed by atoms with Crippen molar-refractivity contribution in [3.63, 3.8) is 0 Å².